The summed E-state index contributed by atoms with van der Waals surface area (Å²) in [6, 6.07) is 9.40. The topological polar surface area (TPSA) is 69.7 Å². The monoisotopic (exact) mass is 172 g/mol. The van der Waals surface area contributed by atoms with Crippen LogP contribution in [0.15, 0.2) is 30.3 Å². The van der Waals surface area contributed by atoms with Crippen LogP contribution in [0.1, 0.15) is 0 Å². The third kappa shape index (κ3) is 1.25. The molecular weight excluding hydrogens is 166 g/mol. The number of benzene rings is 1. The van der Waals surface area contributed by atoms with Crippen molar-refractivity contribution in [2.24, 2.45) is 0 Å². The predicted molar refractivity (Wildman–Crippen MR) is 46.6 cm³/mol. The minimum Gasteiger partial charge on any atom is -0.127 e. The van der Waals surface area contributed by atoms with Gasteiger partial charge in [-0.05, 0) is 0 Å². The van der Waals surface area contributed by atoms with Crippen molar-refractivity contribution in [3.05, 3.63) is 35.3 Å². The Balaban J connectivity index is 2.54. The molecule has 0 spiro atoms. The molecule has 0 bridgehead atoms. The van der Waals surface area contributed by atoms with E-state index >= 15 is 0 Å². The van der Waals surface area contributed by atoms with Crippen LogP contribution in [0.25, 0.3) is 16.2 Å². The van der Waals surface area contributed by atoms with Crippen molar-refractivity contribution in [1.82, 2.24) is 15.4 Å². The summed E-state index contributed by atoms with van der Waals surface area (Å²) in [7, 11) is 0. The minimum atomic E-state index is 0.200. The van der Waals surface area contributed by atoms with Crippen LogP contribution in [0.4, 0.5) is 5.82 Å². The number of hydrogen-bond acceptors (Lipinski definition) is 3. The van der Waals surface area contributed by atoms with Gasteiger partial charge in [0.2, 0.25) is 5.69 Å². The van der Waals surface area contributed by atoms with E-state index in [9.17, 15) is 0 Å². The van der Waals surface area contributed by atoms with Gasteiger partial charge in [-0.15, -0.1) is 5.10 Å². The van der Waals surface area contributed by atoms with Crippen molar-refractivity contribution < 1.29 is 0 Å². The highest BCUT2D eigenvalue weighted by Gasteiger charge is 2.20. The van der Waals surface area contributed by atoms with Crippen molar-refractivity contribution in [2.45, 2.75) is 0 Å². The molecule has 0 fully saturated rings. The average molecular weight is 172 g/mol. The van der Waals surface area contributed by atoms with E-state index in [1.807, 2.05) is 30.3 Å². The molecular formula is C8H6N5+. The van der Waals surface area contributed by atoms with Gasteiger partial charge in [0.05, 0.1) is 10.5 Å². The predicted octanol–water partition coefficient (Wildman–Crippen LogP) is 1.96. The van der Waals surface area contributed by atoms with Gasteiger partial charge in [0.1, 0.15) is 0 Å². The van der Waals surface area contributed by atoms with Gasteiger partial charge in [-0.25, -0.2) is 0 Å². The first-order valence-electron chi connectivity index (χ1n) is 3.73. The summed E-state index contributed by atoms with van der Waals surface area (Å²) in [5.41, 5.74) is 1.41. The highest BCUT2D eigenvalue weighted by Crippen LogP contribution is 2.24. The summed E-state index contributed by atoms with van der Waals surface area (Å²) in [4.78, 5) is 3.00. The van der Waals surface area contributed by atoms with Crippen LogP contribution in [0.3, 0.4) is 0 Å². The lowest BCUT2D eigenvalue weighted by Crippen LogP contribution is -1.76. The first-order valence-corrected chi connectivity index (χ1v) is 3.73. The molecule has 0 aliphatic carbocycles. The van der Waals surface area contributed by atoms with Gasteiger partial charge in [-0.2, -0.15) is 0 Å². The van der Waals surface area contributed by atoms with Crippen LogP contribution < -0.4 is 0 Å². The van der Waals surface area contributed by atoms with Crippen LogP contribution in [0, 0.1) is 5.39 Å². The summed E-state index contributed by atoms with van der Waals surface area (Å²) in [6.07, 6.45) is 0. The number of aromatic amines is 1. The second-order valence-corrected chi connectivity index (χ2v) is 2.46. The number of aromatic nitrogens is 3. The number of diazo groups is 1. The number of H-pyrrole nitrogens is 1. The Morgan fingerprint density at radius 3 is 2.62 bits per heavy atom. The van der Waals surface area contributed by atoms with Crippen molar-refractivity contribution in [1.29, 1.82) is 5.39 Å². The van der Waals surface area contributed by atoms with Gasteiger partial charge in [0.15, 0.2) is 0 Å². The van der Waals surface area contributed by atoms with E-state index in [2.05, 4.69) is 20.4 Å². The maximum absolute atomic E-state index is 8.57. The van der Waals surface area contributed by atoms with Gasteiger partial charge in [-0.3, -0.25) is 0 Å². The van der Waals surface area contributed by atoms with Crippen LogP contribution in [0.5, 0.6) is 0 Å². The summed E-state index contributed by atoms with van der Waals surface area (Å²) >= 11 is 0. The molecule has 0 saturated heterocycles. The number of rotatable bonds is 1. The normalized spacial score (nSPS) is 9.46. The fraction of sp³-hybridized carbons (Fsp3) is 0. The Bertz CT molecular complexity index is 439. The van der Waals surface area contributed by atoms with Gasteiger partial charge in [0, 0.05) is 10.5 Å². The van der Waals surface area contributed by atoms with E-state index in [0.717, 1.165) is 5.56 Å². The van der Waals surface area contributed by atoms with E-state index in [1.54, 1.807) is 0 Å². The molecule has 1 heterocycles. The average Bonchev–Trinajstić information content (AvgIpc) is 2.67. The van der Waals surface area contributed by atoms with Crippen LogP contribution in [-0.4, -0.2) is 15.4 Å². The molecule has 5 heteroatoms. The van der Waals surface area contributed by atoms with Gasteiger partial charge in [-0.1, -0.05) is 35.5 Å². The maximum Gasteiger partial charge on any atom is 0.515 e. The fourth-order valence-corrected chi connectivity index (χ4v) is 1.08. The van der Waals surface area contributed by atoms with Crippen LogP contribution in [-0.2, 0) is 0 Å². The zero-order valence-corrected chi connectivity index (χ0v) is 6.68. The molecule has 0 radical (unpaired) electrons. The molecule has 0 amide bonds. The SMILES string of the molecule is N#[N+]c1n[nH]nc1-c1ccccc1. The van der Waals surface area contributed by atoms with Crippen molar-refractivity contribution in [2.75, 3.05) is 0 Å². The lowest BCUT2D eigenvalue weighted by Gasteiger charge is -1.89. The summed E-state index contributed by atoms with van der Waals surface area (Å²) in [5, 5.41) is 18.5. The molecule has 0 aliphatic heterocycles. The molecule has 0 atom stereocenters. The Kier molecular flexibility index (Phi) is 1.73. The Labute approximate surface area is 74.0 Å². The Morgan fingerprint density at radius 2 is 1.92 bits per heavy atom. The van der Waals surface area contributed by atoms with Gasteiger partial charge < -0.3 is 0 Å². The number of nitrogens with zero attached hydrogens (tertiary/aromatic N) is 4. The quantitative estimate of drug-likeness (QED) is 0.668. The molecule has 5 nitrogen and oxygen atoms in total. The zero-order chi connectivity index (χ0) is 9.10. The largest absolute Gasteiger partial charge is 0.515 e. The molecule has 13 heavy (non-hydrogen) atoms. The van der Waals surface area contributed by atoms with Gasteiger partial charge >= 0.3 is 5.82 Å². The van der Waals surface area contributed by atoms with E-state index < -0.39 is 0 Å². The highest BCUT2D eigenvalue weighted by atomic mass is 15.4. The molecule has 2 aromatic rings. The lowest BCUT2D eigenvalue weighted by atomic mass is 10.2. The molecule has 1 aromatic carbocycles. The molecule has 2 rings (SSSR count). The zero-order valence-electron chi connectivity index (χ0n) is 6.68. The Morgan fingerprint density at radius 1 is 1.15 bits per heavy atom. The molecule has 1 N–H and O–H groups in total. The third-order valence-corrected chi connectivity index (χ3v) is 1.67. The van der Waals surface area contributed by atoms with Crippen LogP contribution in [0.2, 0.25) is 0 Å². The summed E-state index contributed by atoms with van der Waals surface area (Å²) < 4.78 is 0. The van der Waals surface area contributed by atoms with Gasteiger partial charge in [0.25, 0.3) is 0 Å². The Hall–Kier alpha value is -2.22. The highest BCUT2D eigenvalue weighted by molar-refractivity contribution is 5.70. The molecule has 0 aliphatic rings. The number of hydrogen-bond donors (Lipinski definition) is 1. The first kappa shape index (κ1) is 7.43. The third-order valence-electron chi connectivity index (χ3n) is 1.67. The van der Waals surface area contributed by atoms with E-state index in [0.29, 0.717) is 5.69 Å². The van der Waals surface area contributed by atoms with E-state index in [-0.39, 0.29) is 5.82 Å². The van der Waals surface area contributed by atoms with Crippen molar-refractivity contribution in [3.63, 3.8) is 0 Å². The van der Waals surface area contributed by atoms with Crippen molar-refractivity contribution >= 4 is 5.82 Å². The molecule has 0 saturated carbocycles. The molecule has 62 valence electrons. The smallest absolute Gasteiger partial charge is 0.127 e. The van der Waals surface area contributed by atoms with E-state index in [1.165, 1.54) is 0 Å². The lowest BCUT2D eigenvalue weighted by molar-refractivity contribution is 0.945. The molecule has 0 unspecified atom stereocenters. The fourth-order valence-electron chi connectivity index (χ4n) is 1.08. The summed E-state index contributed by atoms with van der Waals surface area (Å²) in [6.45, 7) is 0. The maximum atomic E-state index is 8.57. The standard InChI is InChI=1S/C8H6N5/c9-10-8-7(11-13-12-8)6-4-2-1-3-5-6/h1-5H,(H,11,12,13)/q+1. The first-order chi connectivity index (χ1) is 6.42. The van der Waals surface area contributed by atoms with Crippen LogP contribution >= 0.6 is 0 Å². The second-order valence-electron chi connectivity index (χ2n) is 2.46. The summed E-state index contributed by atoms with van der Waals surface area (Å²) in [5.74, 6) is 0.200. The number of nitrogens with one attached hydrogen (secondary N) is 1. The van der Waals surface area contributed by atoms with Crippen molar-refractivity contribution in [3.8, 4) is 11.3 Å². The van der Waals surface area contributed by atoms with E-state index in [4.69, 9.17) is 5.39 Å². The molecule has 1 aromatic heterocycles. The second kappa shape index (κ2) is 3.03. The minimum absolute atomic E-state index is 0.200.